The number of hydrogen-bond acceptors (Lipinski definition) is 5. The second-order valence-electron chi connectivity index (χ2n) is 4.33. The van der Waals surface area contributed by atoms with E-state index in [4.69, 9.17) is 14.7 Å². The first-order valence-corrected chi connectivity index (χ1v) is 7.22. The van der Waals surface area contributed by atoms with Crippen LogP contribution in [-0.4, -0.2) is 30.6 Å². The van der Waals surface area contributed by atoms with Gasteiger partial charge in [0, 0.05) is 10.0 Å². The minimum Gasteiger partial charge on any atom is -0.497 e. The Bertz CT molecular complexity index is 683. The number of hydrogen-bond donors (Lipinski definition) is 1. The van der Waals surface area contributed by atoms with Gasteiger partial charge in [-0.05, 0) is 52.3 Å². The van der Waals surface area contributed by atoms with Crippen LogP contribution in [0.3, 0.4) is 0 Å². The van der Waals surface area contributed by atoms with Crippen molar-refractivity contribution in [2.24, 2.45) is 5.16 Å². The fraction of sp³-hybridized carbons (Fsp3) is 0.125. The van der Waals surface area contributed by atoms with Gasteiger partial charge >= 0.3 is 5.97 Å². The van der Waals surface area contributed by atoms with Crippen molar-refractivity contribution in [1.29, 1.82) is 0 Å². The highest BCUT2D eigenvalue weighted by atomic mass is 79.9. The maximum Gasteiger partial charge on any atom is 0.339 e. The van der Waals surface area contributed by atoms with Crippen molar-refractivity contribution in [3.8, 4) is 5.75 Å². The maximum absolute atomic E-state index is 12.0. The van der Waals surface area contributed by atoms with Crippen LogP contribution in [0.25, 0.3) is 0 Å². The lowest BCUT2D eigenvalue weighted by atomic mass is 10.1. The molecule has 0 radical (unpaired) electrons. The molecule has 2 rings (SSSR count). The average Bonchev–Trinajstić information content (AvgIpc) is 2.56. The Hall–Kier alpha value is -2.34. The van der Waals surface area contributed by atoms with Crippen molar-refractivity contribution in [2.75, 3.05) is 13.7 Å². The van der Waals surface area contributed by atoms with Crippen molar-refractivity contribution < 1.29 is 19.5 Å². The second-order valence-corrected chi connectivity index (χ2v) is 5.19. The fourth-order valence-electron chi connectivity index (χ4n) is 1.79. The number of carbonyl (C=O) groups excluding carboxylic acids is 1. The van der Waals surface area contributed by atoms with Crippen molar-refractivity contribution in [2.45, 2.75) is 0 Å². The Kier molecular flexibility index (Phi) is 5.55. The van der Waals surface area contributed by atoms with E-state index in [-0.39, 0.29) is 12.3 Å². The molecule has 0 aromatic heterocycles. The molecule has 0 aliphatic heterocycles. The molecular weight excluding hydrogens is 350 g/mol. The number of esters is 1. The van der Waals surface area contributed by atoms with Gasteiger partial charge in [0.2, 0.25) is 0 Å². The predicted octanol–water partition coefficient (Wildman–Crippen LogP) is 3.49. The van der Waals surface area contributed by atoms with Crippen LogP contribution in [0.5, 0.6) is 5.75 Å². The largest absolute Gasteiger partial charge is 0.497 e. The van der Waals surface area contributed by atoms with Gasteiger partial charge in [-0.15, -0.1) is 0 Å². The summed E-state index contributed by atoms with van der Waals surface area (Å²) >= 11 is 3.29. The number of benzene rings is 2. The summed E-state index contributed by atoms with van der Waals surface area (Å²) in [7, 11) is 1.57. The maximum atomic E-state index is 12.0. The summed E-state index contributed by atoms with van der Waals surface area (Å²) in [4.78, 5) is 12.0. The minimum absolute atomic E-state index is 0.136. The SMILES string of the molecule is COc1ccc(/C(COC(=O)c2ccccc2Br)=N\O)cc1. The zero-order valence-corrected chi connectivity index (χ0v) is 13.4. The van der Waals surface area contributed by atoms with Gasteiger partial charge in [0.1, 0.15) is 18.1 Å². The molecule has 22 heavy (non-hydrogen) atoms. The molecule has 2 aromatic carbocycles. The van der Waals surface area contributed by atoms with E-state index in [1.807, 2.05) is 0 Å². The van der Waals surface area contributed by atoms with Gasteiger partial charge in [-0.1, -0.05) is 17.3 Å². The lowest BCUT2D eigenvalue weighted by Crippen LogP contribution is -2.15. The Morgan fingerprint density at radius 2 is 1.86 bits per heavy atom. The predicted molar refractivity (Wildman–Crippen MR) is 85.7 cm³/mol. The van der Waals surface area contributed by atoms with Gasteiger partial charge in [-0.25, -0.2) is 4.79 Å². The van der Waals surface area contributed by atoms with Crippen LogP contribution < -0.4 is 4.74 Å². The first kappa shape index (κ1) is 16.0. The molecule has 0 saturated carbocycles. The normalized spacial score (nSPS) is 11.1. The number of methoxy groups -OCH3 is 1. The summed E-state index contributed by atoms with van der Waals surface area (Å²) in [5.74, 6) is 0.188. The zero-order chi connectivity index (χ0) is 15.9. The molecule has 0 aliphatic carbocycles. The topological polar surface area (TPSA) is 68.1 Å². The highest BCUT2D eigenvalue weighted by molar-refractivity contribution is 9.10. The summed E-state index contributed by atoms with van der Waals surface area (Å²) in [6.45, 7) is -0.136. The molecule has 2 aromatic rings. The molecule has 6 heteroatoms. The molecule has 0 heterocycles. The van der Waals surface area contributed by atoms with Crippen LogP contribution >= 0.6 is 15.9 Å². The molecule has 5 nitrogen and oxygen atoms in total. The lowest BCUT2D eigenvalue weighted by Gasteiger charge is -2.08. The number of ether oxygens (including phenoxy) is 2. The van der Waals surface area contributed by atoms with E-state index in [1.54, 1.807) is 55.6 Å². The van der Waals surface area contributed by atoms with Gasteiger partial charge in [-0.3, -0.25) is 0 Å². The molecule has 1 N–H and O–H groups in total. The summed E-state index contributed by atoms with van der Waals surface area (Å²) < 4.78 is 10.9. The number of nitrogens with zero attached hydrogens (tertiary/aromatic N) is 1. The molecule has 0 saturated heterocycles. The smallest absolute Gasteiger partial charge is 0.339 e. The molecule has 0 amide bonds. The van der Waals surface area contributed by atoms with Gasteiger partial charge in [0.15, 0.2) is 0 Å². The first-order valence-electron chi connectivity index (χ1n) is 6.42. The van der Waals surface area contributed by atoms with E-state index in [2.05, 4.69) is 21.1 Å². The Morgan fingerprint density at radius 3 is 2.45 bits per heavy atom. The van der Waals surface area contributed by atoms with Crippen LogP contribution in [0.2, 0.25) is 0 Å². The summed E-state index contributed by atoms with van der Waals surface area (Å²) in [5, 5.41) is 12.3. The molecule has 0 fully saturated rings. The summed E-state index contributed by atoms with van der Waals surface area (Å²) in [5.41, 5.74) is 1.31. The third-order valence-electron chi connectivity index (χ3n) is 2.98. The van der Waals surface area contributed by atoms with E-state index < -0.39 is 5.97 Å². The van der Waals surface area contributed by atoms with Crippen molar-refractivity contribution in [3.63, 3.8) is 0 Å². The number of carbonyl (C=O) groups is 1. The van der Waals surface area contributed by atoms with E-state index >= 15 is 0 Å². The summed E-state index contributed by atoms with van der Waals surface area (Å²) in [6.07, 6.45) is 0. The van der Waals surface area contributed by atoms with Crippen LogP contribution in [0.4, 0.5) is 0 Å². The van der Waals surface area contributed by atoms with Crippen LogP contribution in [0.15, 0.2) is 58.2 Å². The van der Waals surface area contributed by atoms with Crippen LogP contribution in [-0.2, 0) is 4.74 Å². The molecule has 0 atom stereocenters. The quantitative estimate of drug-likeness (QED) is 0.382. The van der Waals surface area contributed by atoms with E-state index in [0.29, 0.717) is 21.3 Å². The number of oxime groups is 1. The Balaban J connectivity index is 2.05. The first-order chi connectivity index (χ1) is 10.7. The molecule has 114 valence electrons. The van der Waals surface area contributed by atoms with Crippen LogP contribution in [0, 0.1) is 0 Å². The summed E-state index contributed by atoms with van der Waals surface area (Å²) in [6, 6.07) is 13.9. The standard InChI is InChI=1S/C16H14BrNO4/c1-21-12-8-6-11(7-9-12)15(18-20)10-22-16(19)13-4-2-3-5-14(13)17/h2-9,20H,10H2,1H3/b18-15-. The third kappa shape index (κ3) is 3.85. The highest BCUT2D eigenvalue weighted by Gasteiger charge is 2.13. The van der Waals surface area contributed by atoms with Gasteiger partial charge in [0.25, 0.3) is 0 Å². The Morgan fingerprint density at radius 1 is 1.18 bits per heavy atom. The zero-order valence-electron chi connectivity index (χ0n) is 11.8. The third-order valence-corrected chi connectivity index (χ3v) is 3.67. The van der Waals surface area contributed by atoms with Gasteiger partial charge in [-0.2, -0.15) is 0 Å². The Labute approximate surface area is 136 Å². The van der Waals surface area contributed by atoms with Crippen molar-refractivity contribution in [1.82, 2.24) is 0 Å². The van der Waals surface area contributed by atoms with Crippen LogP contribution in [0.1, 0.15) is 15.9 Å². The van der Waals surface area contributed by atoms with Crippen molar-refractivity contribution in [3.05, 3.63) is 64.1 Å². The van der Waals surface area contributed by atoms with E-state index in [9.17, 15) is 4.79 Å². The van der Waals surface area contributed by atoms with E-state index in [0.717, 1.165) is 0 Å². The highest BCUT2D eigenvalue weighted by Crippen LogP contribution is 2.17. The molecular formula is C16H14BrNO4. The molecule has 0 aliphatic rings. The van der Waals surface area contributed by atoms with E-state index in [1.165, 1.54) is 0 Å². The van der Waals surface area contributed by atoms with Gasteiger partial charge in [0.05, 0.1) is 12.7 Å². The minimum atomic E-state index is -0.498. The van der Waals surface area contributed by atoms with Gasteiger partial charge < -0.3 is 14.7 Å². The molecule has 0 unspecified atom stereocenters. The molecule has 0 bridgehead atoms. The lowest BCUT2D eigenvalue weighted by molar-refractivity contribution is 0.0561. The second kappa shape index (κ2) is 7.61. The number of rotatable bonds is 5. The fourth-order valence-corrected chi connectivity index (χ4v) is 2.24. The molecule has 0 spiro atoms. The average molecular weight is 364 g/mol. The monoisotopic (exact) mass is 363 g/mol. The number of halogens is 1. The van der Waals surface area contributed by atoms with Crippen molar-refractivity contribution >= 4 is 27.6 Å².